The summed E-state index contributed by atoms with van der Waals surface area (Å²) >= 11 is 1.49. The van der Waals surface area contributed by atoms with Crippen LogP contribution in [0.1, 0.15) is 96.3 Å². The lowest BCUT2D eigenvalue weighted by molar-refractivity contribution is -0.138. The number of nitrogens with one attached hydrogen (secondary N) is 5. The fourth-order valence-electron chi connectivity index (χ4n) is 6.89. The summed E-state index contributed by atoms with van der Waals surface area (Å²) in [6.07, 6.45) is 9.68. The summed E-state index contributed by atoms with van der Waals surface area (Å²) in [6, 6.07) is 7.62. The van der Waals surface area contributed by atoms with Gasteiger partial charge in [0.15, 0.2) is 0 Å². The molecule has 1 saturated carbocycles. The van der Waals surface area contributed by atoms with Crippen molar-refractivity contribution in [1.82, 2.24) is 26.2 Å². The highest BCUT2D eigenvalue weighted by atomic mass is 32.2. The Morgan fingerprint density at radius 3 is 2.35 bits per heavy atom. The third-order valence-corrected chi connectivity index (χ3v) is 11.3. The molecule has 0 radical (unpaired) electrons. The van der Waals surface area contributed by atoms with E-state index in [1.165, 1.54) is 16.7 Å². The van der Waals surface area contributed by atoms with Crippen LogP contribution >= 0.6 is 11.8 Å². The van der Waals surface area contributed by atoms with Gasteiger partial charge in [-0.2, -0.15) is 0 Å². The zero-order valence-electron chi connectivity index (χ0n) is 29.7. The second-order valence-electron chi connectivity index (χ2n) is 13.8. The summed E-state index contributed by atoms with van der Waals surface area (Å²) in [7, 11) is 1.67. The van der Waals surface area contributed by atoms with Gasteiger partial charge in [0.2, 0.25) is 41.4 Å². The van der Waals surface area contributed by atoms with E-state index in [1.54, 1.807) is 19.2 Å². The van der Waals surface area contributed by atoms with Crippen LogP contribution in [-0.4, -0.2) is 89.5 Å². The topological polar surface area (TPSA) is 183 Å². The van der Waals surface area contributed by atoms with Crippen molar-refractivity contribution in [2.24, 2.45) is 11.8 Å². The number of likely N-dealkylation sites (tertiary alicyclic amines) is 1. The summed E-state index contributed by atoms with van der Waals surface area (Å²) in [4.78, 5) is 88.4. The smallest absolute Gasteiger partial charge is 0.246 e. The molecule has 0 spiro atoms. The van der Waals surface area contributed by atoms with E-state index in [-0.39, 0.29) is 65.4 Å². The minimum Gasteiger partial charge on any atom is -0.359 e. The lowest BCUT2D eigenvalue weighted by atomic mass is 9.81. The fraction of sp³-hybridized carbons (Fsp3) is 0.649. The number of amides is 7. The van der Waals surface area contributed by atoms with Crippen molar-refractivity contribution in [3.8, 4) is 0 Å². The number of nitrogens with zero attached hydrogens (tertiary/aromatic N) is 1. The fourth-order valence-corrected chi connectivity index (χ4v) is 8.07. The van der Waals surface area contributed by atoms with E-state index in [0.29, 0.717) is 69.0 Å². The molecule has 1 aliphatic carbocycles. The monoisotopic (exact) mass is 726 g/mol. The molecule has 3 aliphatic rings. The Morgan fingerprint density at radius 2 is 1.65 bits per heavy atom. The molecule has 1 aromatic rings. The molecule has 4 rings (SSSR count). The van der Waals surface area contributed by atoms with Crippen molar-refractivity contribution in [3.05, 3.63) is 30.3 Å². The summed E-state index contributed by atoms with van der Waals surface area (Å²) < 4.78 is 0. The molecule has 7 amide bonds. The zero-order valence-corrected chi connectivity index (χ0v) is 30.5. The molecule has 13 nitrogen and oxygen atoms in total. The number of thioether (sulfide) groups is 1. The van der Waals surface area contributed by atoms with E-state index >= 15 is 0 Å². The van der Waals surface area contributed by atoms with E-state index in [2.05, 4.69) is 26.6 Å². The molecule has 5 N–H and O–H groups in total. The SMILES string of the molecule is CNC(=O)C1CCC(CNC(=O)CCCCCN2C(=O)CC(SCCCCC[C@H](NC(=O)[C@H]3CCC(=O)N3)C(=O)Nc3ccccc3)C2=O)CC1. The van der Waals surface area contributed by atoms with Crippen molar-refractivity contribution in [2.45, 2.75) is 114 Å². The zero-order chi connectivity index (χ0) is 36.6. The molecular weight excluding hydrogens is 673 g/mol. The highest BCUT2D eigenvalue weighted by Gasteiger charge is 2.38. The highest BCUT2D eigenvalue weighted by molar-refractivity contribution is 8.00. The number of imide groups is 1. The van der Waals surface area contributed by atoms with Gasteiger partial charge in [-0.25, -0.2) is 0 Å². The first-order valence-electron chi connectivity index (χ1n) is 18.5. The van der Waals surface area contributed by atoms with Gasteiger partial charge in [-0.05, 0) is 81.6 Å². The maximum atomic E-state index is 13.1. The minimum atomic E-state index is -0.757. The second kappa shape index (κ2) is 20.8. The number of benzene rings is 1. The third-order valence-electron chi connectivity index (χ3n) is 9.98. The van der Waals surface area contributed by atoms with Gasteiger partial charge in [-0.1, -0.05) is 37.5 Å². The van der Waals surface area contributed by atoms with Gasteiger partial charge in [0.1, 0.15) is 12.1 Å². The molecule has 51 heavy (non-hydrogen) atoms. The molecule has 0 bridgehead atoms. The first kappa shape index (κ1) is 39.8. The number of unbranched alkanes of at least 4 members (excludes halogenated alkanes) is 4. The van der Waals surface area contributed by atoms with Gasteiger partial charge in [-0.15, -0.1) is 11.8 Å². The largest absolute Gasteiger partial charge is 0.359 e. The first-order valence-corrected chi connectivity index (χ1v) is 19.6. The van der Waals surface area contributed by atoms with Gasteiger partial charge < -0.3 is 26.6 Å². The van der Waals surface area contributed by atoms with Crippen LogP contribution in [0.5, 0.6) is 0 Å². The highest BCUT2D eigenvalue weighted by Crippen LogP contribution is 2.29. The average molecular weight is 727 g/mol. The number of hydrogen-bond acceptors (Lipinski definition) is 8. The Morgan fingerprint density at radius 1 is 0.902 bits per heavy atom. The summed E-state index contributed by atoms with van der Waals surface area (Å²) in [5.41, 5.74) is 0.630. The second-order valence-corrected chi connectivity index (χ2v) is 15.1. The molecule has 3 fully saturated rings. The predicted molar refractivity (Wildman–Crippen MR) is 195 cm³/mol. The molecule has 1 aromatic carbocycles. The van der Waals surface area contributed by atoms with Crippen molar-refractivity contribution >= 4 is 58.8 Å². The van der Waals surface area contributed by atoms with Crippen molar-refractivity contribution < 1.29 is 33.6 Å². The summed E-state index contributed by atoms with van der Waals surface area (Å²) in [6.45, 7) is 1.01. The van der Waals surface area contributed by atoms with Crippen LogP contribution in [0.15, 0.2) is 30.3 Å². The van der Waals surface area contributed by atoms with Crippen LogP contribution in [0, 0.1) is 11.8 Å². The molecule has 280 valence electrons. The van der Waals surface area contributed by atoms with Crippen LogP contribution in [0.2, 0.25) is 0 Å². The number of carbonyl (C=O) groups excluding carboxylic acids is 7. The molecule has 0 aromatic heterocycles. The van der Waals surface area contributed by atoms with E-state index in [0.717, 1.165) is 44.9 Å². The van der Waals surface area contributed by atoms with Crippen molar-refractivity contribution in [1.29, 1.82) is 0 Å². The average Bonchev–Trinajstić information content (AvgIpc) is 3.69. The van der Waals surface area contributed by atoms with E-state index in [9.17, 15) is 33.6 Å². The molecule has 14 heteroatoms. The molecule has 2 heterocycles. The number of carbonyl (C=O) groups is 7. The molecule has 1 unspecified atom stereocenters. The maximum Gasteiger partial charge on any atom is 0.246 e. The Balaban J connectivity index is 1.07. The maximum absolute atomic E-state index is 13.1. The Kier molecular flexibility index (Phi) is 16.2. The van der Waals surface area contributed by atoms with E-state index < -0.39 is 12.1 Å². The lowest BCUT2D eigenvalue weighted by Gasteiger charge is -2.27. The van der Waals surface area contributed by atoms with E-state index in [4.69, 9.17) is 0 Å². The summed E-state index contributed by atoms with van der Waals surface area (Å²) in [5, 5.41) is 13.7. The van der Waals surface area contributed by atoms with Gasteiger partial charge >= 0.3 is 0 Å². The lowest BCUT2D eigenvalue weighted by Crippen LogP contribution is -2.50. The van der Waals surface area contributed by atoms with Gasteiger partial charge in [0.05, 0.1) is 5.25 Å². The Bertz CT molecular complexity index is 1370. The van der Waals surface area contributed by atoms with Crippen LogP contribution in [-0.2, 0) is 33.6 Å². The van der Waals surface area contributed by atoms with Crippen LogP contribution in [0.4, 0.5) is 5.69 Å². The number of hydrogen-bond donors (Lipinski definition) is 5. The van der Waals surface area contributed by atoms with Gasteiger partial charge in [0, 0.05) is 51.0 Å². The van der Waals surface area contributed by atoms with Gasteiger partial charge in [-0.3, -0.25) is 38.5 Å². The van der Waals surface area contributed by atoms with E-state index in [1.807, 2.05) is 18.2 Å². The molecule has 3 atom stereocenters. The Labute approximate surface area is 304 Å². The quantitative estimate of drug-likeness (QED) is 0.100. The number of rotatable bonds is 20. The standard InChI is InChI=1S/C37H54N6O7S/c1-38-34(47)26-17-15-25(16-18-26)24-39-31(44)14-8-3-9-21-43-33(46)23-30(37(43)50)51-22-10-4-7-13-28(35(48)40-27-11-5-2-6-12-27)42-36(49)29-19-20-32(45)41-29/h2,5-6,11-12,25-26,28-30H,3-4,7-10,13-24H2,1H3,(H,38,47)(H,39,44)(H,40,48)(H,41,45)(H,42,49)/t25?,26?,28-,29+,30?/m0/s1. The summed E-state index contributed by atoms with van der Waals surface area (Å²) in [5.74, 6) is 0.155. The third kappa shape index (κ3) is 13.0. The van der Waals surface area contributed by atoms with Crippen LogP contribution < -0.4 is 26.6 Å². The first-order chi connectivity index (χ1) is 24.6. The Hall–Kier alpha value is -3.94. The molecule has 2 saturated heterocycles. The van der Waals surface area contributed by atoms with Crippen molar-refractivity contribution in [3.63, 3.8) is 0 Å². The number of anilines is 1. The predicted octanol–water partition coefficient (Wildman–Crippen LogP) is 3.04. The molecular formula is C37H54N6O7S. The van der Waals surface area contributed by atoms with Crippen LogP contribution in [0.3, 0.4) is 0 Å². The number of para-hydroxylation sites is 1. The van der Waals surface area contributed by atoms with Crippen LogP contribution in [0.25, 0.3) is 0 Å². The van der Waals surface area contributed by atoms with Gasteiger partial charge in [0.25, 0.3) is 0 Å². The molecule has 2 aliphatic heterocycles. The minimum absolute atomic E-state index is 0.0167. The normalized spacial score (nSPS) is 22.3. The van der Waals surface area contributed by atoms with Crippen molar-refractivity contribution in [2.75, 3.05) is 31.2 Å².